The lowest BCUT2D eigenvalue weighted by Gasteiger charge is -2.02. The average molecular weight is 389 g/mol. The Balaban J connectivity index is 1.90. The third kappa shape index (κ3) is 1.88. The average Bonchev–Trinajstić information content (AvgIpc) is 3.18. The Morgan fingerprint density at radius 1 is 0.926 bits per heavy atom. The predicted octanol–water partition coefficient (Wildman–Crippen LogP) is 3.71. The minimum Gasteiger partial charge on any atom is -0.283 e. The SMILES string of the molecule is Cc1ccc2c(c1)sc1nc3nc4sc5ccccc5n4c(=N)c3c(=O)n12. The summed E-state index contributed by atoms with van der Waals surface area (Å²) in [5.74, 6) is 0. The quantitative estimate of drug-likeness (QED) is 0.430. The summed E-state index contributed by atoms with van der Waals surface area (Å²) >= 11 is 2.96. The van der Waals surface area contributed by atoms with Crippen molar-refractivity contribution in [3.8, 4) is 0 Å². The van der Waals surface area contributed by atoms with Gasteiger partial charge in [0.2, 0.25) is 0 Å². The number of fused-ring (bicyclic) bond motifs is 7. The van der Waals surface area contributed by atoms with Gasteiger partial charge in [0, 0.05) is 0 Å². The molecule has 0 aliphatic rings. The highest BCUT2D eigenvalue weighted by molar-refractivity contribution is 7.24. The van der Waals surface area contributed by atoms with Crippen molar-refractivity contribution in [3.63, 3.8) is 0 Å². The molecule has 6 nitrogen and oxygen atoms in total. The lowest BCUT2D eigenvalue weighted by Crippen LogP contribution is -2.25. The molecule has 4 heterocycles. The molecule has 0 amide bonds. The van der Waals surface area contributed by atoms with E-state index in [1.165, 1.54) is 22.7 Å². The smallest absolute Gasteiger partial charge is 0.272 e. The van der Waals surface area contributed by atoms with Gasteiger partial charge in [-0.15, -0.1) is 0 Å². The third-order valence-corrected chi connectivity index (χ3v) is 6.78. The van der Waals surface area contributed by atoms with E-state index in [4.69, 9.17) is 5.41 Å². The Morgan fingerprint density at radius 3 is 2.48 bits per heavy atom. The molecule has 4 aromatic heterocycles. The number of hydrogen-bond acceptors (Lipinski definition) is 6. The zero-order chi connectivity index (χ0) is 18.3. The second kappa shape index (κ2) is 4.99. The summed E-state index contributed by atoms with van der Waals surface area (Å²) in [6.07, 6.45) is 0. The summed E-state index contributed by atoms with van der Waals surface area (Å²) in [5.41, 5.74) is 3.05. The monoisotopic (exact) mass is 389 g/mol. The number of nitrogens with zero attached hydrogens (tertiary/aromatic N) is 4. The molecule has 1 N–H and O–H groups in total. The maximum Gasteiger partial charge on any atom is 0.272 e. The standard InChI is InChI=1S/C19H11N5OS2/c1-9-6-7-11-13(8-9)27-19-22-16-14(17(25)24(11)19)15(20)23-10-4-2-3-5-12(10)26-18(23)21-16/h2-8,20H,1H3. The third-order valence-electron chi connectivity index (χ3n) is 4.75. The number of rotatable bonds is 0. The highest BCUT2D eigenvalue weighted by Gasteiger charge is 2.17. The van der Waals surface area contributed by atoms with Crippen molar-refractivity contribution in [2.45, 2.75) is 6.92 Å². The van der Waals surface area contributed by atoms with Crippen LogP contribution in [0, 0.1) is 12.3 Å². The van der Waals surface area contributed by atoms with E-state index in [2.05, 4.69) is 16.0 Å². The molecule has 0 aliphatic carbocycles. The van der Waals surface area contributed by atoms with Crippen molar-refractivity contribution in [2.24, 2.45) is 0 Å². The Kier molecular flexibility index (Phi) is 2.78. The van der Waals surface area contributed by atoms with Crippen LogP contribution in [0.4, 0.5) is 0 Å². The van der Waals surface area contributed by atoms with E-state index < -0.39 is 0 Å². The first-order valence-corrected chi connectivity index (χ1v) is 9.96. The van der Waals surface area contributed by atoms with Gasteiger partial charge in [-0.25, -0.2) is 0 Å². The van der Waals surface area contributed by atoms with Crippen molar-refractivity contribution in [2.75, 3.05) is 0 Å². The normalized spacial score (nSPS) is 12.2. The Hall–Kier alpha value is -3.10. The van der Waals surface area contributed by atoms with E-state index in [9.17, 15) is 4.79 Å². The van der Waals surface area contributed by atoms with Gasteiger partial charge < -0.3 is 0 Å². The molecule has 0 unspecified atom stereocenters. The minimum atomic E-state index is -0.243. The molecule has 0 aliphatic heterocycles. The number of benzene rings is 2. The summed E-state index contributed by atoms with van der Waals surface area (Å²) in [5, 5.41) is 8.97. The molecular weight excluding hydrogens is 378 g/mol. The van der Waals surface area contributed by atoms with E-state index in [0.29, 0.717) is 15.6 Å². The first-order chi connectivity index (χ1) is 13.1. The second-order valence-corrected chi connectivity index (χ2v) is 8.47. The van der Waals surface area contributed by atoms with E-state index in [1.807, 2.05) is 43.3 Å². The fourth-order valence-corrected chi connectivity index (χ4v) is 5.64. The van der Waals surface area contributed by atoms with Gasteiger partial charge in [-0.05, 0) is 36.8 Å². The summed E-state index contributed by atoms with van der Waals surface area (Å²) in [6.45, 7) is 2.02. The molecule has 0 fully saturated rings. The van der Waals surface area contributed by atoms with Crippen LogP contribution < -0.4 is 11.0 Å². The van der Waals surface area contributed by atoms with Gasteiger partial charge in [0.05, 0.1) is 20.4 Å². The number of aryl methyl sites for hydroxylation is 1. The van der Waals surface area contributed by atoms with Crippen LogP contribution >= 0.6 is 22.7 Å². The zero-order valence-electron chi connectivity index (χ0n) is 14.1. The molecule has 0 saturated heterocycles. The van der Waals surface area contributed by atoms with E-state index in [-0.39, 0.29) is 16.4 Å². The van der Waals surface area contributed by atoms with Crippen LogP contribution in [0.5, 0.6) is 0 Å². The van der Waals surface area contributed by atoms with Gasteiger partial charge in [0.25, 0.3) is 5.56 Å². The van der Waals surface area contributed by atoms with E-state index in [1.54, 1.807) is 8.80 Å². The van der Waals surface area contributed by atoms with E-state index in [0.717, 1.165) is 26.0 Å². The van der Waals surface area contributed by atoms with Crippen molar-refractivity contribution >= 4 is 64.1 Å². The van der Waals surface area contributed by atoms with Crippen LogP contribution in [0.15, 0.2) is 47.3 Å². The highest BCUT2D eigenvalue weighted by Crippen LogP contribution is 2.27. The molecule has 0 bridgehead atoms. The molecular formula is C19H11N5OS2. The van der Waals surface area contributed by atoms with Crippen LogP contribution in [0.3, 0.4) is 0 Å². The summed E-state index contributed by atoms with van der Waals surface area (Å²) in [4.78, 5) is 23.8. The molecule has 6 rings (SSSR count). The van der Waals surface area contributed by atoms with E-state index >= 15 is 0 Å². The lowest BCUT2D eigenvalue weighted by atomic mass is 10.2. The van der Waals surface area contributed by atoms with Gasteiger partial charge in [-0.1, -0.05) is 40.9 Å². The van der Waals surface area contributed by atoms with Crippen LogP contribution in [0.25, 0.3) is 41.4 Å². The highest BCUT2D eigenvalue weighted by atomic mass is 32.1. The van der Waals surface area contributed by atoms with Crippen molar-refractivity contribution in [1.82, 2.24) is 18.8 Å². The minimum absolute atomic E-state index is 0.130. The van der Waals surface area contributed by atoms with Gasteiger partial charge in [-0.3, -0.25) is 19.0 Å². The zero-order valence-corrected chi connectivity index (χ0v) is 15.7. The van der Waals surface area contributed by atoms with Crippen molar-refractivity contribution in [1.29, 1.82) is 5.41 Å². The Morgan fingerprint density at radius 2 is 1.63 bits per heavy atom. The van der Waals surface area contributed by atoms with Crippen molar-refractivity contribution < 1.29 is 0 Å². The van der Waals surface area contributed by atoms with Crippen LogP contribution in [0.2, 0.25) is 0 Å². The number of para-hydroxylation sites is 1. The van der Waals surface area contributed by atoms with Crippen LogP contribution in [-0.4, -0.2) is 18.8 Å². The van der Waals surface area contributed by atoms with Gasteiger partial charge >= 0.3 is 0 Å². The maximum atomic E-state index is 13.3. The van der Waals surface area contributed by atoms with Crippen LogP contribution in [-0.2, 0) is 0 Å². The molecule has 0 radical (unpaired) electrons. The first-order valence-electron chi connectivity index (χ1n) is 8.32. The Labute approximate surface area is 159 Å². The predicted molar refractivity (Wildman–Crippen MR) is 109 cm³/mol. The molecule has 0 atom stereocenters. The fraction of sp³-hybridized carbons (Fsp3) is 0.0526. The molecule has 27 heavy (non-hydrogen) atoms. The molecule has 2 aromatic carbocycles. The number of nitrogens with one attached hydrogen (secondary N) is 1. The summed E-state index contributed by atoms with van der Waals surface area (Å²) in [7, 11) is 0. The van der Waals surface area contributed by atoms with Gasteiger partial charge in [-0.2, -0.15) is 9.97 Å². The van der Waals surface area contributed by atoms with Gasteiger partial charge in [0.1, 0.15) is 10.9 Å². The Bertz CT molecular complexity index is 1690. The molecule has 8 heteroatoms. The summed E-state index contributed by atoms with van der Waals surface area (Å²) in [6, 6.07) is 13.8. The first kappa shape index (κ1) is 15.0. The maximum absolute atomic E-state index is 13.3. The fourth-order valence-electron chi connectivity index (χ4n) is 3.51. The molecule has 0 spiro atoms. The topological polar surface area (TPSA) is 75.5 Å². The second-order valence-electron chi connectivity index (χ2n) is 6.45. The van der Waals surface area contributed by atoms with Crippen molar-refractivity contribution in [3.05, 3.63) is 63.9 Å². The molecule has 130 valence electrons. The summed E-state index contributed by atoms with van der Waals surface area (Å²) < 4.78 is 5.36. The lowest BCUT2D eigenvalue weighted by molar-refractivity contribution is 1.03. The number of thiazole rings is 2. The number of aromatic nitrogens is 4. The largest absolute Gasteiger partial charge is 0.283 e. The molecule has 0 saturated carbocycles. The van der Waals surface area contributed by atoms with Gasteiger partial charge in [0.15, 0.2) is 15.6 Å². The number of hydrogen-bond donors (Lipinski definition) is 1. The van der Waals surface area contributed by atoms with Crippen LogP contribution in [0.1, 0.15) is 5.56 Å². The molecule has 6 aromatic rings.